The highest BCUT2D eigenvalue weighted by atomic mass is 16.3. The molecule has 3 aromatic rings. The van der Waals surface area contributed by atoms with Gasteiger partial charge in [0, 0.05) is 5.56 Å². The van der Waals surface area contributed by atoms with Crippen molar-refractivity contribution in [3.8, 4) is 0 Å². The number of carbonyl (C=O) groups excluding carboxylic acids is 1. The number of para-hydroxylation sites is 2. The predicted molar refractivity (Wildman–Crippen MR) is 93.6 cm³/mol. The van der Waals surface area contributed by atoms with Crippen molar-refractivity contribution >= 4 is 16.9 Å². The summed E-state index contributed by atoms with van der Waals surface area (Å²) in [4.78, 5) is 20.0. The van der Waals surface area contributed by atoms with Gasteiger partial charge in [-0.25, -0.2) is 4.98 Å². The molecule has 0 bridgehead atoms. The molecule has 2 atom stereocenters. The van der Waals surface area contributed by atoms with Gasteiger partial charge in [-0.15, -0.1) is 0 Å². The summed E-state index contributed by atoms with van der Waals surface area (Å²) in [6.45, 7) is 3.92. The average molecular weight is 323 g/mol. The number of fused-ring (bicyclic) bond motifs is 1. The smallest absolute Gasteiger partial charge is 0.251 e. The topological polar surface area (TPSA) is 78.0 Å². The van der Waals surface area contributed by atoms with Crippen LogP contribution in [0.4, 0.5) is 0 Å². The minimum absolute atomic E-state index is 0.0425. The van der Waals surface area contributed by atoms with Crippen molar-refractivity contribution in [1.29, 1.82) is 0 Å². The summed E-state index contributed by atoms with van der Waals surface area (Å²) in [7, 11) is 0. The number of imidazole rings is 1. The molecule has 0 aliphatic carbocycles. The van der Waals surface area contributed by atoms with E-state index in [-0.39, 0.29) is 11.8 Å². The number of aromatic amines is 1. The summed E-state index contributed by atoms with van der Waals surface area (Å²) < 4.78 is 0. The minimum Gasteiger partial charge on any atom is -0.383 e. The normalized spacial score (nSPS) is 13.8. The maximum Gasteiger partial charge on any atom is 0.251 e. The number of rotatable bonds is 5. The van der Waals surface area contributed by atoms with E-state index in [4.69, 9.17) is 0 Å². The van der Waals surface area contributed by atoms with Crippen molar-refractivity contribution in [3.63, 3.8) is 0 Å². The molecule has 0 radical (unpaired) electrons. The summed E-state index contributed by atoms with van der Waals surface area (Å²) >= 11 is 0. The molecule has 1 aromatic heterocycles. The zero-order valence-corrected chi connectivity index (χ0v) is 13.7. The fraction of sp³-hybridized carbons (Fsp3) is 0.263. The molecule has 1 unspecified atom stereocenters. The largest absolute Gasteiger partial charge is 0.383 e. The molecule has 0 aliphatic heterocycles. The number of hydrogen-bond donors (Lipinski definition) is 3. The maximum absolute atomic E-state index is 12.4. The monoisotopic (exact) mass is 323 g/mol. The summed E-state index contributed by atoms with van der Waals surface area (Å²) in [5.41, 5.74) is 2.23. The van der Waals surface area contributed by atoms with E-state index in [2.05, 4.69) is 15.3 Å². The summed E-state index contributed by atoms with van der Waals surface area (Å²) in [6, 6.07) is 16.1. The van der Waals surface area contributed by atoms with Crippen molar-refractivity contribution in [2.75, 3.05) is 0 Å². The molecule has 2 aromatic carbocycles. The Morgan fingerprint density at radius 1 is 1.08 bits per heavy atom. The predicted octanol–water partition coefficient (Wildman–Crippen LogP) is 3.05. The molecule has 5 heteroatoms. The fourth-order valence-corrected chi connectivity index (χ4v) is 2.72. The summed E-state index contributed by atoms with van der Waals surface area (Å²) in [5, 5.41) is 13.7. The number of amides is 1. The van der Waals surface area contributed by atoms with E-state index in [1.165, 1.54) is 0 Å². The van der Waals surface area contributed by atoms with E-state index in [0.29, 0.717) is 11.4 Å². The van der Waals surface area contributed by atoms with Crippen molar-refractivity contribution in [2.45, 2.75) is 26.0 Å². The van der Waals surface area contributed by atoms with Crippen LogP contribution in [-0.4, -0.2) is 27.0 Å². The van der Waals surface area contributed by atoms with Crippen LogP contribution in [-0.2, 0) is 0 Å². The summed E-state index contributed by atoms with van der Waals surface area (Å²) in [5.74, 6) is 0.300. The van der Waals surface area contributed by atoms with Crippen molar-refractivity contribution in [2.24, 2.45) is 5.92 Å². The third-order valence-electron chi connectivity index (χ3n) is 4.08. The van der Waals surface area contributed by atoms with Crippen LogP contribution >= 0.6 is 0 Å². The Morgan fingerprint density at radius 3 is 2.42 bits per heavy atom. The van der Waals surface area contributed by atoms with Crippen LogP contribution in [0, 0.1) is 5.92 Å². The zero-order chi connectivity index (χ0) is 17.1. The molecule has 5 nitrogen and oxygen atoms in total. The number of nitrogens with one attached hydrogen (secondary N) is 2. The highest BCUT2D eigenvalue weighted by molar-refractivity contribution is 5.94. The van der Waals surface area contributed by atoms with Gasteiger partial charge in [-0.1, -0.05) is 44.2 Å². The molecule has 0 fully saturated rings. The second kappa shape index (κ2) is 6.84. The van der Waals surface area contributed by atoms with Crippen LogP contribution < -0.4 is 5.32 Å². The highest BCUT2D eigenvalue weighted by Gasteiger charge is 2.28. The first-order valence-electron chi connectivity index (χ1n) is 8.05. The van der Waals surface area contributed by atoms with Crippen LogP contribution in [0.2, 0.25) is 0 Å². The van der Waals surface area contributed by atoms with E-state index in [0.717, 1.165) is 11.0 Å². The quantitative estimate of drug-likeness (QED) is 0.675. The van der Waals surface area contributed by atoms with E-state index in [1.54, 1.807) is 12.1 Å². The third-order valence-corrected chi connectivity index (χ3v) is 4.08. The molecule has 3 N–H and O–H groups in total. The van der Waals surface area contributed by atoms with Crippen molar-refractivity contribution < 1.29 is 9.90 Å². The standard InChI is InChI=1S/C19H21N3O2/c1-12(2)16(22-19(24)13-8-4-3-5-9-13)17(23)18-20-14-10-6-7-11-15(14)21-18/h3-12,16-17,23H,1-2H3,(H,20,21)(H,22,24)/t16-,17?/m0/s1. The molecule has 3 rings (SSSR count). The second-order valence-electron chi connectivity index (χ2n) is 6.19. The Kier molecular flexibility index (Phi) is 4.62. The first kappa shape index (κ1) is 16.2. The van der Waals surface area contributed by atoms with Gasteiger partial charge in [0.2, 0.25) is 0 Å². The van der Waals surface area contributed by atoms with Crippen LogP contribution in [0.25, 0.3) is 11.0 Å². The molecule has 1 heterocycles. The summed E-state index contributed by atoms with van der Waals surface area (Å²) in [6.07, 6.45) is -0.912. The Hall–Kier alpha value is -2.66. The number of H-pyrrole nitrogens is 1. The molecule has 0 saturated carbocycles. The number of aliphatic hydroxyl groups is 1. The first-order valence-corrected chi connectivity index (χ1v) is 8.05. The van der Waals surface area contributed by atoms with Crippen LogP contribution in [0.3, 0.4) is 0 Å². The number of hydrogen-bond acceptors (Lipinski definition) is 3. The van der Waals surface area contributed by atoms with E-state index < -0.39 is 12.1 Å². The van der Waals surface area contributed by atoms with Crippen molar-refractivity contribution in [1.82, 2.24) is 15.3 Å². The van der Waals surface area contributed by atoms with Gasteiger partial charge >= 0.3 is 0 Å². The fourth-order valence-electron chi connectivity index (χ4n) is 2.72. The zero-order valence-electron chi connectivity index (χ0n) is 13.7. The third kappa shape index (κ3) is 3.31. The minimum atomic E-state index is -0.912. The number of aromatic nitrogens is 2. The molecular formula is C19H21N3O2. The van der Waals surface area contributed by atoms with Gasteiger partial charge < -0.3 is 15.4 Å². The Morgan fingerprint density at radius 2 is 1.75 bits per heavy atom. The van der Waals surface area contributed by atoms with E-state index in [1.807, 2.05) is 56.3 Å². The van der Waals surface area contributed by atoms with Crippen molar-refractivity contribution in [3.05, 3.63) is 66.0 Å². The van der Waals surface area contributed by atoms with Gasteiger partial charge in [0.25, 0.3) is 5.91 Å². The van der Waals surface area contributed by atoms with Gasteiger partial charge in [0.05, 0.1) is 17.1 Å². The van der Waals surface area contributed by atoms with Gasteiger partial charge in [-0.05, 0) is 30.2 Å². The van der Waals surface area contributed by atoms with Crippen LogP contribution in [0.5, 0.6) is 0 Å². The Labute approximate surface area is 140 Å². The Bertz CT molecular complexity index is 794. The van der Waals surface area contributed by atoms with Gasteiger partial charge in [0.15, 0.2) is 0 Å². The molecule has 0 aliphatic rings. The van der Waals surface area contributed by atoms with Crippen LogP contribution in [0.15, 0.2) is 54.6 Å². The lowest BCUT2D eigenvalue weighted by Crippen LogP contribution is -2.43. The number of nitrogens with zero attached hydrogens (tertiary/aromatic N) is 1. The molecule has 124 valence electrons. The average Bonchev–Trinajstić information content (AvgIpc) is 3.03. The van der Waals surface area contributed by atoms with Gasteiger partial charge in [-0.3, -0.25) is 4.79 Å². The first-order chi connectivity index (χ1) is 11.6. The molecule has 0 saturated heterocycles. The van der Waals surface area contributed by atoms with Gasteiger partial charge in [-0.2, -0.15) is 0 Å². The van der Waals surface area contributed by atoms with Gasteiger partial charge in [0.1, 0.15) is 11.9 Å². The number of benzene rings is 2. The van der Waals surface area contributed by atoms with E-state index >= 15 is 0 Å². The van der Waals surface area contributed by atoms with Crippen LogP contribution in [0.1, 0.15) is 36.1 Å². The SMILES string of the molecule is CC(C)[C@H](NC(=O)c1ccccc1)C(O)c1nc2ccccc2[nH]1. The van der Waals surface area contributed by atoms with E-state index in [9.17, 15) is 9.90 Å². The lowest BCUT2D eigenvalue weighted by molar-refractivity contribution is 0.0736. The maximum atomic E-state index is 12.4. The number of carbonyl (C=O) groups is 1. The Balaban J connectivity index is 1.83. The molecule has 24 heavy (non-hydrogen) atoms. The highest BCUT2D eigenvalue weighted by Crippen LogP contribution is 2.22. The molecule has 1 amide bonds. The lowest BCUT2D eigenvalue weighted by atomic mass is 9.97. The lowest BCUT2D eigenvalue weighted by Gasteiger charge is -2.26. The number of aliphatic hydroxyl groups excluding tert-OH is 1. The molecular weight excluding hydrogens is 302 g/mol. The second-order valence-corrected chi connectivity index (χ2v) is 6.19. The molecule has 0 spiro atoms.